The van der Waals surface area contributed by atoms with E-state index in [1.54, 1.807) is 0 Å². The Kier molecular flexibility index (Phi) is 6.50. The maximum Gasteiger partial charge on any atom is 0.407 e. The third-order valence-electron chi connectivity index (χ3n) is 7.96. The molecule has 35 heavy (non-hydrogen) atoms. The number of benzene rings is 2. The van der Waals surface area contributed by atoms with Crippen LogP contribution in [0.3, 0.4) is 0 Å². The highest BCUT2D eigenvalue weighted by atomic mass is 16.5. The molecule has 7 heteroatoms. The minimum absolute atomic E-state index is 0.0243. The molecular weight excluding hydrogens is 444 g/mol. The maximum absolute atomic E-state index is 13.0. The number of fused-ring (bicyclic) bond motifs is 5. The number of rotatable bonds is 8. The average molecular weight is 477 g/mol. The van der Waals surface area contributed by atoms with Gasteiger partial charge in [0, 0.05) is 30.5 Å². The molecule has 0 aromatic heterocycles. The number of nitrogens with zero attached hydrogens (tertiary/aromatic N) is 1. The minimum atomic E-state index is -0.796. The fourth-order valence-electron chi connectivity index (χ4n) is 6.22. The number of ether oxygens (including phenoxy) is 1. The summed E-state index contributed by atoms with van der Waals surface area (Å²) in [7, 11) is 0. The molecule has 2 aromatic carbocycles. The van der Waals surface area contributed by atoms with E-state index in [0.29, 0.717) is 25.8 Å². The molecule has 2 fully saturated rings. The number of carboxylic acid groups (broad SMARTS) is 1. The van der Waals surface area contributed by atoms with E-state index in [1.807, 2.05) is 36.1 Å². The normalized spacial score (nSPS) is 23.0. The number of nitrogens with one attached hydrogen (secondary N) is 1. The van der Waals surface area contributed by atoms with Gasteiger partial charge in [-0.3, -0.25) is 9.59 Å². The lowest BCUT2D eigenvalue weighted by molar-refractivity contribution is -0.143. The van der Waals surface area contributed by atoms with E-state index in [9.17, 15) is 19.5 Å². The Morgan fingerprint density at radius 1 is 1.06 bits per heavy atom. The van der Waals surface area contributed by atoms with E-state index in [4.69, 9.17) is 4.74 Å². The predicted molar refractivity (Wildman–Crippen MR) is 131 cm³/mol. The van der Waals surface area contributed by atoms with E-state index in [-0.39, 0.29) is 36.4 Å². The van der Waals surface area contributed by atoms with Gasteiger partial charge in [-0.2, -0.15) is 0 Å². The van der Waals surface area contributed by atoms with Gasteiger partial charge < -0.3 is 20.1 Å². The largest absolute Gasteiger partial charge is 0.481 e. The van der Waals surface area contributed by atoms with Crippen molar-refractivity contribution in [3.63, 3.8) is 0 Å². The quantitative estimate of drug-likeness (QED) is 0.551. The van der Waals surface area contributed by atoms with Gasteiger partial charge in [0.25, 0.3) is 0 Å². The zero-order valence-electron chi connectivity index (χ0n) is 20.0. The van der Waals surface area contributed by atoms with Crippen LogP contribution in [0.15, 0.2) is 48.5 Å². The molecule has 0 radical (unpaired) electrons. The first-order valence-corrected chi connectivity index (χ1v) is 12.6. The van der Waals surface area contributed by atoms with Crippen LogP contribution in [0.25, 0.3) is 11.1 Å². The molecule has 4 atom stereocenters. The SMILES string of the molecule is CC(CCCNC(=O)OCC1c2ccccc2-c2ccccc21)C(=O)N1[C@@H]2CC[C@H]1[C@@H](C(=O)O)C2. The summed E-state index contributed by atoms with van der Waals surface area (Å²) in [6, 6.07) is 16.4. The lowest BCUT2D eigenvalue weighted by Crippen LogP contribution is -2.41. The fourth-order valence-corrected chi connectivity index (χ4v) is 6.22. The standard InChI is InChI=1S/C28H32N2O5/c1-17(26(31)30-18-12-13-25(30)23(15-18)27(32)33)7-6-14-29-28(34)35-16-24-21-10-4-2-8-19(21)20-9-3-5-11-22(20)24/h2-5,8-11,17-18,23-25H,6-7,12-16H2,1H3,(H,29,34)(H,32,33)/t17?,18-,23+,25+/m1/s1. The second-order valence-corrected chi connectivity index (χ2v) is 10.0. The molecule has 2 saturated heterocycles. The van der Waals surface area contributed by atoms with Crippen molar-refractivity contribution in [1.29, 1.82) is 0 Å². The van der Waals surface area contributed by atoms with Crippen LogP contribution in [0.2, 0.25) is 0 Å². The molecule has 0 saturated carbocycles. The second kappa shape index (κ2) is 9.72. The van der Waals surface area contributed by atoms with Gasteiger partial charge in [-0.1, -0.05) is 55.5 Å². The highest BCUT2D eigenvalue weighted by Crippen LogP contribution is 2.45. The molecule has 2 amide bonds. The molecule has 0 spiro atoms. The summed E-state index contributed by atoms with van der Waals surface area (Å²) in [5.41, 5.74) is 4.73. The second-order valence-electron chi connectivity index (χ2n) is 10.0. The Bertz CT molecular complexity index is 1090. The molecule has 1 unspecified atom stereocenters. The van der Waals surface area contributed by atoms with E-state index >= 15 is 0 Å². The summed E-state index contributed by atoms with van der Waals surface area (Å²) < 4.78 is 5.57. The van der Waals surface area contributed by atoms with Crippen LogP contribution in [-0.2, 0) is 14.3 Å². The van der Waals surface area contributed by atoms with Gasteiger partial charge in [0.1, 0.15) is 6.61 Å². The summed E-state index contributed by atoms with van der Waals surface area (Å²) >= 11 is 0. The monoisotopic (exact) mass is 476 g/mol. The van der Waals surface area contributed by atoms with Gasteiger partial charge in [-0.05, 0) is 54.4 Å². The molecule has 2 bridgehead atoms. The third-order valence-corrected chi connectivity index (χ3v) is 7.96. The molecule has 2 aromatic rings. The first kappa shape index (κ1) is 23.4. The van der Waals surface area contributed by atoms with Crippen molar-refractivity contribution in [1.82, 2.24) is 10.2 Å². The lowest BCUT2D eigenvalue weighted by atomic mass is 9.89. The maximum atomic E-state index is 13.0. The number of carboxylic acids is 1. The predicted octanol–water partition coefficient (Wildman–Crippen LogP) is 4.41. The summed E-state index contributed by atoms with van der Waals surface area (Å²) in [4.78, 5) is 38.6. The number of alkyl carbamates (subject to hydrolysis) is 1. The van der Waals surface area contributed by atoms with Gasteiger partial charge in [0.05, 0.1) is 5.92 Å². The Morgan fingerprint density at radius 2 is 1.71 bits per heavy atom. The van der Waals surface area contributed by atoms with Crippen molar-refractivity contribution in [2.24, 2.45) is 11.8 Å². The third kappa shape index (κ3) is 4.40. The Labute approximate surface area is 205 Å². The van der Waals surface area contributed by atoms with E-state index < -0.39 is 18.0 Å². The molecule has 2 aliphatic heterocycles. The number of amides is 2. The number of carbonyl (C=O) groups is 3. The average Bonchev–Trinajstić information content (AvgIpc) is 3.54. The van der Waals surface area contributed by atoms with E-state index in [2.05, 4.69) is 29.6 Å². The van der Waals surface area contributed by atoms with Gasteiger partial charge in [0.2, 0.25) is 5.91 Å². The van der Waals surface area contributed by atoms with Gasteiger partial charge in [-0.15, -0.1) is 0 Å². The minimum Gasteiger partial charge on any atom is -0.481 e. The molecular formula is C28H32N2O5. The van der Waals surface area contributed by atoms with Crippen LogP contribution in [0.5, 0.6) is 0 Å². The van der Waals surface area contributed by atoms with Crippen LogP contribution in [0.4, 0.5) is 4.79 Å². The van der Waals surface area contributed by atoms with Crippen molar-refractivity contribution in [2.45, 2.75) is 57.0 Å². The molecule has 1 aliphatic carbocycles. The van der Waals surface area contributed by atoms with E-state index in [1.165, 1.54) is 22.3 Å². The Hall–Kier alpha value is -3.35. The summed E-state index contributed by atoms with van der Waals surface area (Å²) in [5.74, 6) is -1.36. The van der Waals surface area contributed by atoms with Crippen LogP contribution in [0.1, 0.15) is 56.1 Å². The number of hydrogen-bond acceptors (Lipinski definition) is 4. The zero-order valence-corrected chi connectivity index (χ0v) is 20.0. The van der Waals surface area contributed by atoms with Crippen LogP contribution in [0, 0.1) is 11.8 Å². The Morgan fingerprint density at radius 3 is 2.34 bits per heavy atom. The van der Waals surface area contributed by atoms with Crippen LogP contribution in [-0.4, -0.2) is 53.2 Å². The number of carbonyl (C=O) groups excluding carboxylic acids is 2. The highest BCUT2D eigenvalue weighted by Gasteiger charge is 2.51. The van der Waals surface area contributed by atoms with Crippen LogP contribution < -0.4 is 5.32 Å². The molecule has 2 N–H and O–H groups in total. The van der Waals surface area contributed by atoms with Gasteiger partial charge >= 0.3 is 12.1 Å². The van der Waals surface area contributed by atoms with Gasteiger partial charge in [0.15, 0.2) is 0 Å². The fraction of sp³-hybridized carbons (Fsp3) is 0.464. The highest BCUT2D eigenvalue weighted by molar-refractivity contribution is 5.82. The molecule has 3 aliphatic rings. The lowest BCUT2D eigenvalue weighted by Gasteiger charge is -2.26. The van der Waals surface area contributed by atoms with Crippen molar-refractivity contribution in [2.75, 3.05) is 13.2 Å². The van der Waals surface area contributed by atoms with Crippen molar-refractivity contribution in [3.8, 4) is 11.1 Å². The van der Waals surface area contributed by atoms with Crippen molar-refractivity contribution in [3.05, 3.63) is 59.7 Å². The van der Waals surface area contributed by atoms with Crippen LogP contribution >= 0.6 is 0 Å². The number of hydrogen-bond donors (Lipinski definition) is 2. The smallest absolute Gasteiger partial charge is 0.407 e. The summed E-state index contributed by atoms with van der Waals surface area (Å²) in [5, 5.41) is 12.2. The zero-order chi connectivity index (χ0) is 24.5. The molecule has 7 nitrogen and oxygen atoms in total. The van der Waals surface area contributed by atoms with Crippen molar-refractivity contribution >= 4 is 18.0 Å². The first-order valence-electron chi connectivity index (χ1n) is 12.6. The van der Waals surface area contributed by atoms with Gasteiger partial charge in [-0.25, -0.2) is 4.79 Å². The van der Waals surface area contributed by atoms with E-state index in [0.717, 1.165) is 12.8 Å². The topological polar surface area (TPSA) is 95.9 Å². The Balaban J connectivity index is 1.07. The number of aliphatic carboxylic acids is 1. The summed E-state index contributed by atoms with van der Waals surface area (Å²) in [6.45, 7) is 2.60. The molecule has 5 rings (SSSR count). The summed E-state index contributed by atoms with van der Waals surface area (Å²) in [6.07, 6.45) is 3.09. The molecule has 2 heterocycles. The molecule has 184 valence electrons. The van der Waals surface area contributed by atoms with Crippen molar-refractivity contribution < 1.29 is 24.2 Å². The first-order chi connectivity index (χ1) is 17.0.